The molecule has 1 atom stereocenters. The molecule has 0 aromatic heterocycles. The number of terminal acetylenes is 1. The number of likely N-dealkylation sites (tertiary alicyclic amines) is 1. The largest absolute Gasteiger partial charge is 0.332 e. The molecular weight excluding hydrogens is 246 g/mol. The maximum absolute atomic E-state index is 12.0. The summed E-state index contributed by atoms with van der Waals surface area (Å²) in [6.07, 6.45) is 5.87. The lowest BCUT2D eigenvalue weighted by Crippen LogP contribution is -2.42. The van der Waals surface area contributed by atoms with Crippen LogP contribution in [-0.2, 0) is 10.3 Å². The van der Waals surface area contributed by atoms with Crippen LogP contribution in [0.3, 0.4) is 0 Å². The van der Waals surface area contributed by atoms with Gasteiger partial charge >= 0.3 is 0 Å². The predicted octanol–water partition coefficient (Wildman–Crippen LogP) is 3.06. The van der Waals surface area contributed by atoms with Crippen LogP contribution in [0.2, 0.25) is 5.02 Å². The number of halogens is 1. The highest BCUT2D eigenvalue weighted by molar-refractivity contribution is 6.30. The van der Waals surface area contributed by atoms with Crippen molar-refractivity contribution in [2.75, 3.05) is 6.54 Å². The van der Waals surface area contributed by atoms with Gasteiger partial charge in [0, 0.05) is 23.9 Å². The van der Waals surface area contributed by atoms with E-state index in [2.05, 4.69) is 5.92 Å². The zero-order valence-electron chi connectivity index (χ0n) is 10.6. The monoisotopic (exact) mass is 261 g/mol. The van der Waals surface area contributed by atoms with Gasteiger partial charge in [-0.15, -0.1) is 12.3 Å². The van der Waals surface area contributed by atoms with Crippen molar-refractivity contribution in [2.24, 2.45) is 5.92 Å². The molecule has 0 radical (unpaired) electrons. The molecule has 94 valence electrons. The second-order valence-electron chi connectivity index (χ2n) is 5.14. The highest BCUT2D eigenvalue weighted by Crippen LogP contribution is 2.33. The maximum Gasteiger partial charge on any atom is 0.224 e. The molecule has 0 saturated carbocycles. The highest BCUT2D eigenvalue weighted by atomic mass is 35.5. The SMILES string of the molecule is C#CC1CC(=O)N(C(C)(C)c2ccc(Cl)cc2)C1. The minimum Gasteiger partial charge on any atom is -0.332 e. The smallest absolute Gasteiger partial charge is 0.224 e. The standard InChI is InChI=1S/C15H16ClNO/c1-4-11-9-14(18)17(10-11)15(2,3)12-5-7-13(16)8-6-12/h1,5-8,11H,9-10H2,2-3H3. The van der Waals surface area contributed by atoms with Crippen LogP contribution >= 0.6 is 11.6 Å². The number of carbonyl (C=O) groups is 1. The molecule has 1 aromatic carbocycles. The Morgan fingerprint density at radius 1 is 1.39 bits per heavy atom. The molecule has 0 bridgehead atoms. The van der Waals surface area contributed by atoms with E-state index in [0.717, 1.165) is 5.56 Å². The number of amides is 1. The summed E-state index contributed by atoms with van der Waals surface area (Å²) in [6.45, 7) is 4.70. The summed E-state index contributed by atoms with van der Waals surface area (Å²) in [5.74, 6) is 2.83. The zero-order valence-corrected chi connectivity index (χ0v) is 11.4. The Labute approximate surface area is 113 Å². The van der Waals surface area contributed by atoms with Crippen molar-refractivity contribution >= 4 is 17.5 Å². The van der Waals surface area contributed by atoms with Crippen LogP contribution in [0.1, 0.15) is 25.8 Å². The van der Waals surface area contributed by atoms with E-state index in [0.29, 0.717) is 18.0 Å². The summed E-state index contributed by atoms with van der Waals surface area (Å²) >= 11 is 5.89. The Bertz CT molecular complexity index is 498. The molecule has 0 aliphatic carbocycles. The number of carbonyl (C=O) groups excluding carboxylic acids is 1. The van der Waals surface area contributed by atoms with E-state index < -0.39 is 0 Å². The van der Waals surface area contributed by atoms with E-state index in [1.54, 1.807) is 0 Å². The molecule has 1 saturated heterocycles. The Morgan fingerprint density at radius 2 is 2.00 bits per heavy atom. The molecule has 2 rings (SSSR count). The van der Waals surface area contributed by atoms with Gasteiger partial charge in [0.25, 0.3) is 0 Å². The summed E-state index contributed by atoms with van der Waals surface area (Å²) < 4.78 is 0. The van der Waals surface area contributed by atoms with Gasteiger partial charge in [-0.25, -0.2) is 0 Å². The van der Waals surface area contributed by atoms with E-state index in [-0.39, 0.29) is 17.4 Å². The fraction of sp³-hybridized carbons (Fsp3) is 0.400. The maximum atomic E-state index is 12.0. The zero-order chi connectivity index (χ0) is 13.3. The van der Waals surface area contributed by atoms with Crippen LogP contribution in [0.25, 0.3) is 0 Å². The first-order valence-electron chi connectivity index (χ1n) is 5.98. The quantitative estimate of drug-likeness (QED) is 0.750. The second kappa shape index (κ2) is 4.66. The van der Waals surface area contributed by atoms with Crippen molar-refractivity contribution < 1.29 is 4.79 Å². The van der Waals surface area contributed by atoms with Gasteiger partial charge in [-0.3, -0.25) is 4.79 Å². The number of hydrogen-bond donors (Lipinski definition) is 0. The van der Waals surface area contributed by atoms with Gasteiger partial charge in [-0.1, -0.05) is 23.7 Å². The van der Waals surface area contributed by atoms with Crippen LogP contribution in [0.5, 0.6) is 0 Å². The van der Waals surface area contributed by atoms with Crippen LogP contribution in [0, 0.1) is 18.3 Å². The molecule has 2 nitrogen and oxygen atoms in total. The summed E-state index contributed by atoms with van der Waals surface area (Å²) in [5, 5.41) is 0.698. The molecule has 1 fully saturated rings. The van der Waals surface area contributed by atoms with E-state index in [9.17, 15) is 4.79 Å². The second-order valence-corrected chi connectivity index (χ2v) is 5.57. The number of nitrogens with zero attached hydrogens (tertiary/aromatic N) is 1. The van der Waals surface area contributed by atoms with Gasteiger partial charge in [-0.05, 0) is 31.5 Å². The lowest BCUT2D eigenvalue weighted by Gasteiger charge is -2.36. The van der Waals surface area contributed by atoms with Crippen LogP contribution in [0.4, 0.5) is 0 Å². The Hall–Kier alpha value is -1.46. The molecule has 1 aliphatic heterocycles. The van der Waals surface area contributed by atoms with Crippen LogP contribution in [-0.4, -0.2) is 17.4 Å². The molecular formula is C15H16ClNO. The van der Waals surface area contributed by atoms with Crippen LogP contribution in [0.15, 0.2) is 24.3 Å². The normalized spacial score (nSPS) is 20.0. The van der Waals surface area contributed by atoms with Gasteiger partial charge in [0.2, 0.25) is 5.91 Å². The molecule has 1 amide bonds. The molecule has 1 unspecified atom stereocenters. The summed E-state index contributed by atoms with van der Waals surface area (Å²) in [5.41, 5.74) is 0.714. The van der Waals surface area contributed by atoms with E-state index in [1.165, 1.54) is 0 Å². The van der Waals surface area contributed by atoms with Gasteiger partial charge in [0.05, 0.1) is 5.54 Å². The topological polar surface area (TPSA) is 20.3 Å². The Kier molecular flexibility index (Phi) is 3.36. The predicted molar refractivity (Wildman–Crippen MR) is 73.1 cm³/mol. The Morgan fingerprint density at radius 3 is 2.50 bits per heavy atom. The third-order valence-electron chi connectivity index (χ3n) is 3.59. The summed E-state index contributed by atoms with van der Waals surface area (Å²) in [6, 6.07) is 7.60. The van der Waals surface area contributed by atoms with Gasteiger partial charge in [0.15, 0.2) is 0 Å². The number of rotatable bonds is 2. The molecule has 0 N–H and O–H groups in total. The fourth-order valence-corrected chi connectivity index (χ4v) is 2.50. The number of hydrogen-bond acceptors (Lipinski definition) is 1. The molecule has 3 heteroatoms. The molecule has 18 heavy (non-hydrogen) atoms. The van der Waals surface area contributed by atoms with Crippen molar-refractivity contribution in [3.05, 3.63) is 34.9 Å². The van der Waals surface area contributed by atoms with Crippen molar-refractivity contribution in [2.45, 2.75) is 25.8 Å². The third kappa shape index (κ3) is 2.23. The van der Waals surface area contributed by atoms with Gasteiger partial charge < -0.3 is 4.90 Å². The van der Waals surface area contributed by atoms with E-state index >= 15 is 0 Å². The Balaban J connectivity index is 2.29. The van der Waals surface area contributed by atoms with Gasteiger partial charge in [0.1, 0.15) is 0 Å². The van der Waals surface area contributed by atoms with Crippen molar-refractivity contribution in [3.63, 3.8) is 0 Å². The lowest BCUT2D eigenvalue weighted by atomic mass is 9.92. The van der Waals surface area contributed by atoms with Crippen LogP contribution < -0.4 is 0 Å². The van der Waals surface area contributed by atoms with Gasteiger partial charge in [-0.2, -0.15) is 0 Å². The molecule has 1 heterocycles. The first-order valence-corrected chi connectivity index (χ1v) is 6.35. The molecule has 1 aromatic rings. The average Bonchev–Trinajstić information content (AvgIpc) is 2.72. The highest BCUT2D eigenvalue weighted by Gasteiger charge is 2.39. The first-order chi connectivity index (χ1) is 8.45. The summed E-state index contributed by atoms with van der Waals surface area (Å²) in [7, 11) is 0. The number of benzene rings is 1. The first kappa shape index (κ1) is 13.0. The van der Waals surface area contributed by atoms with Crippen molar-refractivity contribution in [1.29, 1.82) is 0 Å². The average molecular weight is 262 g/mol. The molecule has 1 aliphatic rings. The van der Waals surface area contributed by atoms with E-state index in [1.807, 2.05) is 43.0 Å². The minimum atomic E-state index is -0.354. The summed E-state index contributed by atoms with van der Waals surface area (Å²) in [4.78, 5) is 13.9. The van der Waals surface area contributed by atoms with Crippen molar-refractivity contribution in [3.8, 4) is 12.3 Å². The minimum absolute atomic E-state index is 0.0316. The third-order valence-corrected chi connectivity index (χ3v) is 3.84. The van der Waals surface area contributed by atoms with E-state index in [4.69, 9.17) is 18.0 Å². The molecule has 0 spiro atoms. The fourth-order valence-electron chi connectivity index (χ4n) is 2.37. The lowest BCUT2D eigenvalue weighted by molar-refractivity contribution is -0.132. The van der Waals surface area contributed by atoms with Crippen molar-refractivity contribution in [1.82, 2.24) is 4.90 Å².